The van der Waals surface area contributed by atoms with E-state index < -0.39 is 0 Å². The minimum Gasteiger partial charge on any atom is -0.457 e. The molecule has 0 unspecified atom stereocenters. The van der Waals surface area contributed by atoms with Gasteiger partial charge in [-0.25, -0.2) is 9.97 Å². The first-order valence-electron chi connectivity index (χ1n) is 9.93. The molecule has 0 bridgehead atoms. The Morgan fingerprint density at radius 1 is 0.548 bits per heavy atom. The Hall–Kier alpha value is -4.38. The molecular weight excluding hydrogens is 388 g/mol. The predicted octanol–water partition coefficient (Wildman–Crippen LogP) is 7.10. The fourth-order valence-electron chi connectivity index (χ4n) is 3.60. The smallest absolute Gasteiger partial charge is 0.231 e. The van der Waals surface area contributed by atoms with E-state index in [4.69, 9.17) is 18.6 Å². The number of rotatable bonds is 4. The minimum absolute atomic E-state index is 0.449. The molecular formula is C26H16N2O3. The van der Waals surface area contributed by atoms with Crippen molar-refractivity contribution in [2.75, 3.05) is 0 Å². The Bertz CT molecular complexity index is 1450. The van der Waals surface area contributed by atoms with Crippen molar-refractivity contribution in [2.45, 2.75) is 0 Å². The Morgan fingerprint density at radius 3 is 1.87 bits per heavy atom. The largest absolute Gasteiger partial charge is 0.457 e. The first kappa shape index (κ1) is 17.5. The van der Waals surface area contributed by atoms with Crippen LogP contribution < -0.4 is 4.74 Å². The predicted molar refractivity (Wildman–Crippen MR) is 119 cm³/mol. The lowest BCUT2D eigenvalue weighted by molar-refractivity contribution is 0.481. The molecule has 0 radical (unpaired) electrons. The molecule has 6 rings (SSSR count). The van der Waals surface area contributed by atoms with Crippen LogP contribution in [0.3, 0.4) is 0 Å². The fourth-order valence-corrected chi connectivity index (χ4v) is 3.60. The standard InChI is InChI=1S/C26H16N2O3/c1-2-9-17(10-3-1)29-23-16-8-11-18(25-27-19-12-4-6-14-21(19)30-25)24(23)26-28-20-13-5-7-15-22(20)31-26/h1-16H. The van der Waals surface area contributed by atoms with Crippen molar-refractivity contribution < 1.29 is 13.6 Å². The Balaban J connectivity index is 1.59. The van der Waals surface area contributed by atoms with E-state index in [9.17, 15) is 0 Å². The second-order valence-corrected chi connectivity index (χ2v) is 7.07. The van der Waals surface area contributed by atoms with Gasteiger partial charge < -0.3 is 13.6 Å². The van der Waals surface area contributed by atoms with Crippen molar-refractivity contribution in [2.24, 2.45) is 0 Å². The lowest BCUT2D eigenvalue weighted by atomic mass is 10.1. The lowest BCUT2D eigenvalue weighted by Crippen LogP contribution is -1.92. The van der Waals surface area contributed by atoms with E-state index in [2.05, 4.69) is 4.98 Å². The molecule has 0 atom stereocenters. The third-order valence-corrected chi connectivity index (χ3v) is 5.03. The zero-order chi connectivity index (χ0) is 20.6. The number of oxazole rings is 2. The van der Waals surface area contributed by atoms with Gasteiger partial charge in [-0.3, -0.25) is 0 Å². The Kier molecular flexibility index (Phi) is 4.03. The van der Waals surface area contributed by atoms with Crippen LogP contribution in [0.2, 0.25) is 0 Å². The topological polar surface area (TPSA) is 61.3 Å². The van der Waals surface area contributed by atoms with Crippen molar-refractivity contribution in [1.82, 2.24) is 9.97 Å². The van der Waals surface area contributed by atoms with Gasteiger partial charge in [0.2, 0.25) is 11.8 Å². The van der Waals surface area contributed by atoms with Gasteiger partial charge in [0.25, 0.3) is 0 Å². The molecule has 4 aromatic carbocycles. The summed E-state index contributed by atoms with van der Waals surface area (Å²) in [6.07, 6.45) is 0. The number of hydrogen-bond acceptors (Lipinski definition) is 5. The summed E-state index contributed by atoms with van der Waals surface area (Å²) in [7, 11) is 0. The summed E-state index contributed by atoms with van der Waals surface area (Å²) < 4.78 is 18.4. The second kappa shape index (κ2) is 7.15. The number of para-hydroxylation sites is 5. The number of aromatic nitrogens is 2. The molecule has 5 heteroatoms. The van der Waals surface area contributed by atoms with E-state index in [0.717, 1.165) is 27.9 Å². The van der Waals surface area contributed by atoms with E-state index in [-0.39, 0.29) is 0 Å². The van der Waals surface area contributed by atoms with Gasteiger partial charge in [0, 0.05) is 0 Å². The molecule has 0 spiro atoms. The zero-order valence-electron chi connectivity index (χ0n) is 16.4. The van der Waals surface area contributed by atoms with Crippen LogP contribution >= 0.6 is 0 Å². The molecule has 0 saturated heterocycles. The molecule has 31 heavy (non-hydrogen) atoms. The summed E-state index contributed by atoms with van der Waals surface area (Å²) in [5.74, 6) is 2.26. The molecule has 0 aliphatic rings. The highest BCUT2D eigenvalue weighted by molar-refractivity contribution is 5.87. The summed E-state index contributed by atoms with van der Waals surface area (Å²) in [6.45, 7) is 0. The van der Waals surface area contributed by atoms with Gasteiger partial charge in [0.1, 0.15) is 22.5 Å². The van der Waals surface area contributed by atoms with Crippen LogP contribution in [0.25, 0.3) is 45.1 Å². The number of nitrogens with zero attached hydrogens (tertiary/aromatic N) is 2. The molecule has 5 nitrogen and oxygen atoms in total. The maximum Gasteiger partial charge on any atom is 0.231 e. The van der Waals surface area contributed by atoms with Crippen LogP contribution in [0.5, 0.6) is 11.5 Å². The lowest BCUT2D eigenvalue weighted by Gasteiger charge is -2.12. The average molecular weight is 404 g/mol. The third kappa shape index (κ3) is 3.13. The highest BCUT2D eigenvalue weighted by atomic mass is 16.5. The molecule has 0 aliphatic carbocycles. The van der Waals surface area contributed by atoms with Crippen LogP contribution in [0, 0.1) is 0 Å². The van der Waals surface area contributed by atoms with E-state index in [0.29, 0.717) is 28.7 Å². The van der Waals surface area contributed by atoms with Gasteiger partial charge in [-0.1, -0.05) is 48.5 Å². The monoisotopic (exact) mass is 404 g/mol. The van der Waals surface area contributed by atoms with Crippen LogP contribution in [0.15, 0.2) is 106 Å². The van der Waals surface area contributed by atoms with Gasteiger partial charge in [-0.15, -0.1) is 0 Å². The van der Waals surface area contributed by atoms with E-state index in [1.807, 2.05) is 97.1 Å². The van der Waals surface area contributed by atoms with Crippen molar-refractivity contribution in [3.8, 4) is 34.4 Å². The first-order chi connectivity index (χ1) is 15.3. The van der Waals surface area contributed by atoms with Crippen LogP contribution in [0.1, 0.15) is 0 Å². The summed E-state index contributed by atoms with van der Waals surface area (Å²) in [5, 5.41) is 0. The third-order valence-electron chi connectivity index (χ3n) is 5.03. The van der Waals surface area contributed by atoms with Crippen LogP contribution in [-0.4, -0.2) is 9.97 Å². The summed E-state index contributed by atoms with van der Waals surface area (Å²) >= 11 is 0. The normalized spacial score (nSPS) is 11.2. The number of benzene rings is 4. The van der Waals surface area contributed by atoms with Crippen LogP contribution in [-0.2, 0) is 0 Å². The SMILES string of the molecule is c1ccc(Oc2cccc(-c3nc4ccccc4o3)c2-c2nc3ccccc3o2)cc1. The zero-order valence-corrected chi connectivity index (χ0v) is 16.4. The molecule has 0 fully saturated rings. The molecule has 6 aromatic rings. The first-order valence-corrected chi connectivity index (χ1v) is 9.93. The molecule has 2 heterocycles. The summed E-state index contributed by atoms with van der Waals surface area (Å²) in [5.41, 5.74) is 4.42. The summed E-state index contributed by atoms with van der Waals surface area (Å²) in [4.78, 5) is 9.39. The van der Waals surface area contributed by atoms with Crippen molar-refractivity contribution in [3.05, 3.63) is 97.1 Å². The highest BCUT2D eigenvalue weighted by Gasteiger charge is 2.22. The van der Waals surface area contributed by atoms with Gasteiger partial charge in [-0.2, -0.15) is 0 Å². The van der Waals surface area contributed by atoms with E-state index >= 15 is 0 Å². The van der Waals surface area contributed by atoms with E-state index in [1.54, 1.807) is 0 Å². The molecule has 0 aliphatic heterocycles. The molecule has 0 saturated carbocycles. The van der Waals surface area contributed by atoms with Gasteiger partial charge in [-0.05, 0) is 48.5 Å². The van der Waals surface area contributed by atoms with Gasteiger partial charge in [0.15, 0.2) is 11.2 Å². The van der Waals surface area contributed by atoms with Crippen molar-refractivity contribution in [3.63, 3.8) is 0 Å². The number of fused-ring (bicyclic) bond motifs is 2. The Morgan fingerprint density at radius 2 is 1.16 bits per heavy atom. The van der Waals surface area contributed by atoms with Crippen molar-refractivity contribution in [1.29, 1.82) is 0 Å². The average Bonchev–Trinajstić information content (AvgIpc) is 3.43. The maximum atomic E-state index is 6.23. The molecule has 2 aromatic heterocycles. The number of hydrogen-bond donors (Lipinski definition) is 0. The highest BCUT2D eigenvalue weighted by Crippen LogP contribution is 2.42. The quantitative estimate of drug-likeness (QED) is 0.314. The van der Waals surface area contributed by atoms with Gasteiger partial charge in [0.05, 0.1) is 11.1 Å². The van der Waals surface area contributed by atoms with Crippen LogP contribution in [0.4, 0.5) is 0 Å². The Labute approximate surface area is 177 Å². The fraction of sp³-hybridized carbons (Fsp3) is 0. The minimum atomic E-state index is 0.449. The maximum absolute atomic E-state index is 6.23. The van der Waals surface area contributed by atoms with E-state index in [1.165, 1.54) is 0 Å². The molecule has 0 amide bonds. The second-order valence-electron chi connectivity index (χ2n) is 7.07. The van der Waals surface area contributed by atoms with Crippen molar-refractivity contribution >= 4 is 22.2 Å². The molecule has 148 valence electrons. The van der Waals surface area contributed by atoms with Gasteiger partial charge >= 0.3 is 0 Å². The molecule has 0 N–H and O–H groups in total. The number of ether oxygens (including phenoxy) is 1. The summed E-state index contributed by atoms with van der Waals surface area (Å²) in [6, 6.07) is 30.7.